The normalized spacial score (nSPS) is 9.79. The molecule has 4 nitrogen and oxygen atoms in total. The van der Waals surface area contributed by atoms with E-state index in [-0.39, 0.29) is 35.4 Å². The van der Waals surface area contributed by atoms with Gasteiger partial charge < -0.3 is 14.9 Å². The van der Waals surface area contributed by atoms with Crippen LogP contribution in [0.4, 0.5) is 0 Å². The van der Waals surface area contributed by atoms with Crippen LogP contribution in [0.2, 0.25) is 0 Å². The van der Waals surface area contributed by atoms with E-state index in [0.717, 1.165) is 4.47 Å². The molecule has 14 heavy (non-hydrogen) atoms. The SMILES string of the molecule is O=C([O-])c1nc2ccc(Br)cc2[nH]1.[Na+]. The van der Waals surface area contributed by atoms with Crippen LogP contribution >= 0.6 is 15.9 Å². The molecule has 2 rings (SSSR count). The van der Waals surface area contributed by atoms with Crippen molar-refractivity contribution >= 4 is 32.9 Å². The number of halogens is 1. The third-order valence-electron chi connectivity index (χ3n) is 1.64. The van der Waals surface area contributed by atoms with E-state index in [9.17, 15) is 9.90 Å². The molecule has 0 spiro atoms. The third kappa shape index (κ3) is 2.17. The van der Waals surface area contributed by atoms with Crippen molar-refractivity contribution in [3.05, 3.63) is 28.5 Å². The minimum atomic E-state index is -1.30. The summed E-state index contributed by atoms with van der Waals surface area (Å²) in [7, 11) is 0. The van der Waals surface area contributed by atoms with Crippen molar-refractivity contribution in [2.45, 2.75) is 0 Å². The first-order valence-corrected chi connectivity index (χ1v) is 4.33. The Kier molecular flexibility index (Phi) is 3.71. The Hall–Kier alpha value is -0.360. The van der Waals surface area contributed by atoms with Gasteiger partial charge in [-0.15, -0.1) is 0 Å². The third-order valence-corrected chi connectivity index (χ3v) is 2.13. The Bertz CT molecular complexity index is 483. The summed E-state index contributed by atoms with van der Waals surface area (Å²) in [4.78, 5) is 16.9. The number of aromatic nitrogens is 2. The number of benzene rings is 1. The number of hydrogen-bond acceptors (Lipinski definition) is 3. The molecule has 0 saturated carbocycles. The monoisotopic (exact) mass is 262 g/mol. The molecule has 0 unspecified atom stereocenters. The van der Waals surface area contributed by atoms with Gasteiger partial charge in [0.05, 0.1) is 11.0 Å². The topological polar surface area (TPSA) is 68.8 Å². The number of nitrogens with zero attached hydrogens (tertiary/aromatic N) is 1. The number of rotatable bonds is 1. The van der Waals surface area contributed by atoms with Crippen molar-refractivity contribution in [2.75, 3.05) is 0 Å². The second-order valence-corrected chi connectivity index (χ2v) is 3.45. The quantitative estimate of drug-likeness (QED) is 0.588. The molecule has 0 fully saturated rings. The first-order chi connectivity index (χ1) is 6.16. The van der Waals surface area contributed by atoms with E-state index in [4.69, 9.17) is 0 Å². The van der Waals surface area contributed by atoms with Gasteiger partial charge in [-0.05, 0) is 18.2 Å². The Labute approximate surface area is 110 Å². The number of imidazole rings is 1. The maximum Gasteiger partial charge on any atom is 1.00 e. The average Bonchev–Trinajstić information content (AvgIpc) is 2.46. The number of carboxylic acids is 1. The second kappa shape index (κ2) is 4.44. The van der Waals surface area contributed by atoms with Gasteiger partial charge in [-0.3, -0.25) is 0 Å². The summed E-state index contributed by atoms with van der Waals surface area (Å²) in [5.74, 6) is -1.44. The van der Waals surface area contributed by atoms with Gasteiger partial charge in [-0.1, -0.05) is 15.9 Å². The van der Waals surface area contributed by atoms with E-state index in [2.05, 4.69) is 25.9 Å². The van der Waals surface area contributed by atoms with Gasteiger partial charge in [0.1, 0.15) is 5.97 Å². The largest absolute Gasteiger partial charge is 1.00 e. The van der Waals surface area contributed by atoms with Crippen LogP contribution in [0.25, 0.3) is 11.0 Å². The van der Waals surface area contributed by atoms with Crippen LogP contribution in [0.5, 0.6) is 0 Å². The van der Waals surface area contributed by atoms with Crippen LogP contribution in [0, 0.1) is 0 Å². The molecule has 0 atom stereocenters. The van der Waals surface area contributed by atoms with Crippen molar-refractivity contribution in [1.29, 1.82) is 0 Å². The molecule has 2 aromatic rings. The van der Waals surface area contributed by atoms with Crippen molar-refractivity contribution in [1.82, 2.24) is 9.97 Å². The predicted octanol–water partition coefficient (Wildman–Crippen LogP) is -2.31. The summed E-state index contributed by atoms with van der Waals surface area (Å²) in [6.07, 6.45) is 0. The summed E-state index contributed by atoms with van der Waals surface area (Å²) in [6, 6.07) is 5.28. The maximum atomic E-state index is 10.4. The number of fused-ring (bicyclic) bond motifs is 1. The smallest absolute Gasteiger partial charge is 0.542 e. The molecule has 66 valence electrons. The molecule has 6 heteroatoms. The van der Waals surface area contributed by atoms with Crippen LogP contribution in [0.1, 0.15) is 10.6 Å². The van der Waals surface area contributed by atoms with Gasteiger partial charge in [0.2, 0.25) is 0 Å². The summed E-state index contributed by atoms with van der Waals surface area (Å²) in [5.41, 5.74) is 1.29. The fraction of sp³-hybridized carbons (Fsp3) is 0. The molecule has 0 aliphatic rings. The molecule has 1 aromatic carbocycles. The first kappa shape index (κ1) is 11.7. The average molecular weight is 263 g/mol. The Morgan fingerprint density at radius 2 is 2.21 bits per heavy atom. The molecule has 1 aromatic heterocycles. The van der Waals surface area contributed by atoms with E-state index in [1.807, 2.05) is 0 Å². The van der Waals surface area contributed by atoms with Crippen LogP contribution in [0.3, 0.4) is 0 Å². The fourth-order valence-corrected chi connectivity index (χ4v) is 1.44. The number of aromatic amines is 1. The summed E-state index contributed by atoms with van der Waals surface area (Å²) >= 11 is 3.27. The standard InChI is InChI=1S/C8H5BrN2O2.Na/c9-4-1-2-5-6(3-4)11-7(10-5)8(12)13;/h1-3H,(H,10,11)(H,12,13);/q;+1/p-1. The van der Waals surface area contributed by atoms with Crippen LogP contribution in [0.15, 0.2) is 22.7 Å². The van der Waals surface area contributed by atoms with E-state index in [0.29, 0.717) is 11.0 Å². The number of carbonyl (C=O) groups excluding carboxylic acids is 1. The van der Waals surface area contributed by atoms with E-state index < -0.39 is 5.97 Å². The Balaban J connectivity index is 0.000000980. The minimum absolute atomic E-state index is 0. The van der Waals surface area contributed by atoms with Gasteiger partial charge in [0.15, 0.2) is 5.82 Å². The zero-order valence-electron chi connectivity index (χ0n) is 7.37. The summed E-state index contributed by atoms with van der Waals surface area (Å²) in [6.45, 7) is 0. The fourth-order valence-electron chi connectivity index (χ4n) is 1.08. The number of carbonyl (C=O) groups is 1. The molecule has 0 aliphatic carbocycles. The van der Waals surface area contributed by atoms with E-state index in [1.165, 1.54) is 0 Å². The van der Waals surface area contributed by atoms with Crippen molar-refractivity contribution in [3.63, 3.8) is 0 Å². The summed E-state index contributed by atoms with van der Waals surface area (Å²) in [5, 5.41) is 10.4. The predicted molar refractivity (Wildman–Crippen MR) is 48.1 cm³/mol. The molecule has 0 saturated heterocycles. The maximum absolute atomic E-state index is 10.4. The van der Waals surface area contributed by atoms with Crippen LogP contribution in [-0.2, 0) is 0 Å². The van der Waals surface area contributed by atoms with E-state index in [1.54, 1.807) is 18.2 Å². The second-order valence-electron chi connectivity index (χ2n) is 2.53. The Morgan fingerprint density at radius 3 is 2.86 bits per heavy atom. The molecular formula is C8H4BrN2NaO2. The number of H-pyrrole nitrogens is 1. The minimum Gasteiger partial charge on any atom is -0.542 e. The molecule has 1 N–H and O–H groups in total. The van der Waals surface area contributed by atoms with Crippen molar-refractivity contribution < 1.29 is 39.5 Å². The number of carboxylic acid groups (broad SMARTS) is 1. The number of hydrogen-bond donors (Lipinski definition) is 1. The van der Waals surface area contributed by atoms with Gasteiger partial charge in [-0.2, -0.15) is 0 Å². The van der Waals surface area contributed by atoms with Crippen molar-refractivity contribution in [2.24, 2.45) is 0 Å². The Morgan fingerprint density at radius 1 is 1.50 bits per heavy atom. The van der Waals surface area contributed by atoms with Crippen LogP contribution < -0.4 is 34.7 Å². The van der Waals surface area contributed by atoms with Crippen molar-refractivity contribution in [3.8, 4) is 0 Å². The molecule has 0 amide bonds. The first-order valence-electron chi connectivity index (χ1n) is 3.53. The molecule has 1 heterocycles. The van der Waals surface area contributed by atoms with Gasteiger partial charge in [0, 0.05) is 4.47 Å². The van der Waals surface area contributed by atoms with Gasteiger partial charge in [-0.25, -0.2) is 4.98 Å². The number of aromatic carboxylic acids is 1. The molecule has 0 bridgehead atoms. The van der Waals surface area contributed by atoms with Gasteiger partial charge >= 0.3 is 29.6 Å². The zero-order valence-corrected chi connectivity index (χ0v) is 11.0. The molecule has 0 aliphatic heterocycles. The number of nitrogens with one attached hydrogen (secondary N) is 1. The van der Waals surface area contributed by atoms with Crippen LogP contribution in [-0.4, -0.2) is 15.9 Å². The molecular weight excluding hydrogens is 259 g/mol. The molecule has 0 radical (unpaired) electrons. The zero-order chi connectivity index (χ0) is 9.42. The summed E-state index contributed by atoms with van der Waals surface area (Å²) < 4.78 is 0.869. The van der Waals surface area contributed by atoms with Gasteiger partial charge in [0.25, 0.3) is 0 Å². The van der Waals surface area contributed by atoms with E-state index >= 15 is 0 Å².